The number of nitrogen functional groups attached to an aromatic ring is 2. The number of nitrogens with one attached hydrogen (secondary N) is 1. The monoisotopic (exact) mass is 272 g/mol. The first-order valence-electron chi connectivity index (χ1n) is 5.23. The molecule has 1 aromatic heterocycles. The Bertz CT molecular complexity index is 396. The molecule has 0 unspecified atom stereocenters. The molecule has 5 N–H and O–H groups in total. The van der Waals surface area contributed by atoms with E-state index in [0.29, 0.717) is 18.3 Å². The summed E-state index contributed by atoms with van der Waals surface area (Å²) in [5, 5.41) is 2.68. The van der Waals surface area contributed by atoms with Crippen LogP contribution in [0.25, 0.3) is 0 Å². The maximum absolute atomic E-state index is 11.7. The molecule has 8 nitrogen and oxygen atoms in total. The molecule has 0 bridgehead atoms. The van der Waals surface area contributed by atoms with E-state index in [9.17, 15) is 4.79 Å². The number of carbonyl (C=O) groups excluding carboxylic acids is 1. The molecule has 1 rings (SSSR count). The second-order valence-electron chi connectivity index (χ2n) is 3.38. The van der Waals surface area contributed by atoms with E-state index in [1.54, 1.807) is 14.0 Å². The standard InChI is InChI=1S/C9H16N6O2S/c1-5(6(16)12-3-4-17-2)18-9-14-7(10)13-8(11)15-9/h5H,3-4H2,1-2H3,(H,12,16)(H4,10,11,13,14,15)/t5-/m0/s1. The molecule has 1 heterocycles. The Morgan fingerprint density at radius 2 is 2.00 bits per heavy atom. The smallest absolute Gasteiger partial charge is 0.233 e. The number of anilines is 2. The Labute approximate surface area is 109 Å². The predicted molar refractivity (Wildman–Crippen MR) is 68.9 cm³/mol. The van der Waals surface area contributed by atoms with Crippen molar-refractivity contribution >= 4 is 29.6 Å². The quantitative estimate of drug-likeness (QED) is 0.457. The Balaban J connectivity index is 2.52. The number of hydrogen-bond donors (Lipinski definition) is 3. The fourth-order valence-electron chi connectivity index (χ4n) is 1.07. The first kappa shape index (κ1) is 14.5. The van der Waals surface area contributed by atoms with Gasteiger partial charge in [-0.2, -0.15) is 15.0 Å². The van der Waals surface area contributed by atoms with Gasteiger partial charge in [0, 0.05) is 13.7 Å². The topological polar surface area (TPSA) is 129 Å². The third-order valence-corrected chi connectivity index (χ3v) is 2.87. The number of thioether (sulfide) groups is 1. The summed E-state index contributed by atoms with van der Waals surface area (Å²) in [6.45, 7) is 2.67. The molecule has 9 heteroatoms. The van der Waals surface area contributed by atoms with Crippen molar-refractivity contribution in [1.82, 2.24) is 20.3 Å². The van der Waals surface area contributed by atoms with Gasteiger partial charge in [0.25, 0.3) is 0 Å². The predicted octanol–water partition coefficient (Wildman–Crippen LogP) is -0.721. The molecule has 0 saturated heterocycles. The Morgan fingerprint density at radius 1 is 1.39 bits per heavy atom. The van der Waals surface area contributed by atoms with Gasteiger partial charge in [-0.25, -0.2) is 0 Å². The average molecular weight is 272 g/mol. The molecule has 0 aliphatic heterocycles. The van der Waals surface area contributed by atoms with E-state index in [0.717, 1.165) is 11.8 Å². The fourth-order valence-corrected chi connectivity index (χ4v) is 1.87. The maximum atomic E-state index is 11.7. The number of nitrogens with two attached hydrogens (primary N) is 2. The molecule has 1 amide bonds. The molecule has 100 valence electrons. The third kappa shape index (κ3) is 4.72. The normalized spacial score (nSPS) is 12.1. The van der Waals surface area contributed by atoms with Crippen molar-refractivity contribution < 1.29 is 9.53 Å². The maximum Gasteiger partial charge on any atom is 0.233 e. The highest BCUT2D eigenvalue weighted by atomic mass is 32.2. The summed E-state index contributed by atoms with van der Waals surface area (Å²) >= 11 is 1.16. The minimum Gasteiger partial charge on any atom is -0.383 e. The zero-order chi connectivity index (χ0) is 13.5. The molecule has 0 spiro atoms. The van der Waals surface area contributed by atoms with Crippen LogP contribution in [-0.4, -0.2) is 46.4 Å². The molecule has 0 aliphatic rings. The number of ether oxygens (including phenoxy) is 1. The largest absolute Gasteiger partial charge is 0.383 e. The summed E-state index contributed by atoms with van der Waals surface area (Å²) in [6.07, 6.45) is 0. The van der Waals surface area contributed by atoms with Gasteiger partial charge < -0.3 is 21.5 Å². The second kappa shape index (κ2) is 6.97. The summed E-state index contributed by atoms with van der Waals surface area (Å²) < 4.78 is 4.83. The summed E-state index contributed by atoms with van der Waals surface area (Å²) in [7, 11) is 1.57. The second-order valence-corrected chi connectivity index (χ2v) is 4.69. The van der Waals surface area contributed by atoms with Crippen molar-refractivity contribution in [3.8, 4) is 0 Å². The Morgan fingerprint density at radius 3 is 2.56 bits per heavy atom. The minimum absolute atomic E-state index is 0.0389. The minimum atomic E-state index is -0.358. The molecule has 0 saturated carbocycles. The molecule has 18 heavy (non-hydrogen) atoms. The zero-order valence-electron chi connectivity index (χ0n) is 10.2. The molecule has 0 fully saturated rings. The van der Waals surface area contributed by atoms with Gasteiger partial charge in [-0.15, -0.1) is 0 Å². The van der Waals surface area contributed by atoms with Crippen molar-refractivity contribution in [2.75, 3.05) is 31.7 Å². The number of rotatable bonds is 6. The number of aromatic nitrogens is 3. The van der Waals surface area contributed by atoms with Crippen molar-refractivity contribution in [2.45, 2.75) is 17.3 Å². The summed E-state index contributed by atoms with van der Waals surface area (Å²) in [6, 6.07) is 0. The summed E-state index contributed by atoms with van der Waals surface area (Å²) in [5.74, 6) is -0.0522. The fraction of sp³-hybridized carbons (Fsp3) is 0.556. The molecular weight excluding hydrogens is 256 g/mol. The van der Waals surface area contributed by atoms with Crippen LogP contribution < -0.4 is 16.8 Å². The first-order chi connectivity index (χ1) is 8.52. The first-order valence-corrected chi connectivity index (χ1v) is 6.11. The van der Waals surface area contributed by atoms with Crippen LogP contribution in [0.4, 0.5) is 11.9 Å². The molecule has 0 aromatic carbocycles. The molecule has 1 aromatic rings. The highest BCUT2D eigenvalue weighted by molar-refractivity contribution is 8.00. The lowest BCUT2D eigenvalue weighted by Crippen LogP contribution is -2.33. The van der Waals surface area contributed by atoms with E-state index in [1.807, 2.05) is 0 Å². The molecule has 0 aliphatic carbocycles. The van der Waals surface area contributed by atoms with E-state index in [2.05, 4.69) is 20.3 Å². The average Bonchev–Trinajstić information content (AvgIpc) is 2.27. The van der Waals surface area contributed by atoms with E-state index < -0.39 is 0 Å². The van der Waals surface area contributed by atoms with Gasteiger partial charge in [0.15, 0.2) is 5.16 Å². The highest BCUT2D eigenvalue weighted by Gasteiger charge is 2.16. The van der Waals surface area contributed by atoms with Crippen molar-refractivity contribution in [2.24, 2.45) is 0 Å². The van der Waals surface area contributed by atoms with E-state index in [4.69, 9.17) is 16.2 Å². The zero-order valence-corrected chi connectivity index (χ0v) is 11.0. The third-order valence-electron chi connectivity index (χ3n) is 1.91. The molecule has 1 atom stereocenters. The number of carbonyl (C=O) groups is 1. The van der Waals surface area contributed by atoms with E-state index >= 15 is 0 Å². The van der Waals surface area contributed by atoms with Crippen LogP contribution in [0.3, 0.4) is 0 Å². The van der Waals surface area contributed by atoms with Gasteiger partial charge in [-0.3, -0.25) is 4.79 Å². The van der Waals surface area contributed by atoms with Crippen LogP contribution in [-0.2, 0) is 9.53 Å². The van der Waals surface area contributed by atoms with Crippen LogP contribution in [0.5, 0.6) is 0 Å². The Kier molecular flexibility index (Phi) is 5.59. The SMILES string of the molecule is COCCNC(=O)[C@H](C)Sc1nc(N)nc(N)n1. The van der Waals surface area contributed by atoms with Gasteiger partial charge in [0.05, 0.1) is 11.9 Å². The van der Waals surface area contributed by atoms with Gasteiger partial charge in [0.2, 0.25) is 17.8 Å². The van der Waals surface area contributed by atoms with Crippen molar-refractivity contribution in [1.29, 1.82) is 0 Å². The van der Waals surface area contributed by atoms with E-state index in [-0.39, 0.29) is 23.1 Å². The van der Waals surface area contributed by atoms with Gasteiger partial charge >= 0.3 is 0 Å². The summed E-state index contributed by atoms with van der Waals surface area (Å²) in [4.78, 5) is 23.1. The number of methoxy groups -OCH3 is 1. The van der Waals surface area contributed by atoms with Crippen LogP contribution in [0.2, 0.25) is 0 Å². The van der Waals surface area contributed by atoms with Crippen LogP contribution >= 0.6 is 11.8 Å². The molecular formula is C9H16N6O2S. The van der Waals surface area contributed by atoms with Crippen molar-refractivity contribution in [3.63, 3.8) is 0 Å². The number of hydrogen-bond acceptors (Lipinski definition) is 8. The number of nitrogens with zero attached hydrogens (tertiary/aromatic N) is 3. The lowest BCUT2D eigenvalue weighted by atomic mass is 10.4. The van der Waals surface area contributed by atoms with Crippen LogP contribution in [0.15, 0.2) is 5.16 Å². The number of amides is 1. The summed E-state index contributed by atoms with van der Waals surface area (Å²) in [5.41, 5.74) is 10.9. The molecule has 0 radical (unpaired) electrons. The lowest BCUT2D eigenvalue weighted by molar-refractivity contribution is -0.120. The highest BCUT2D eigenvalue weighted by Crippen LogP contribution is 2.20. The lowest BCUT2D eigenvalue weighted by Gasteiger charge is -2.10. The van der Waals surface area contributed by atoms with Crippen molar-refractivity contribution in [3.05, 3.63) is 0 Å². The Hall–Kier alpha value is -1.61. The van der Waals surface area contributed by atoms with Gasteiger partial charge in [-0.05, 0) is 6.92 Å². The van der Waals surface area contributed by atoms with E-state index in [1.165, 1.54) is 0 Å². The van der Waals surface area contributed by atoms with Crippen LogP contribution in [0, 0.1) is 0 Å². The van der Waals surface area contributed by atoms with Gasteiger partial charge in [0.1, 0.15) is 0 Å². The van der Waals surface area contributed by atoms with Gasteiger partial charge in [-0.1, -0.05) is 11.8 Å². The van der Waals surface area contributed by atoms with Crippen LogP contribution in [0.1, 0.15) is 6.92 Å².